The molecule has 0 unspecified atom stereocenters. The number of nitrogens with zero attached hydrogens (tertiary/aromatic N) is 3. The summed E-state index contributed by atoms with van der Waals surface area (Å²) >= 11 is 7.74. The number of hydrogen-bond donors (Lipinski definition) is 1. The molecule has 0 amide bonds. The lowest BCUT2D eigenvalue weighted by atomic mass is 10.1. The molecule has 0 atom stereocenters. The third-order valence-electron chi connectivity index (χ3n) is 3.40. The Balaban J connectivity index is 2.00. The van der Waals surface area contributed by atoms with Gasteiger partial charge in [-0.15, -0.1) is 5.10 Å². The minimum atomic E-state index is 0.393. The van der Waals surface area contributed by atoms with Crippen LogP contribution < -0.4 is 14.8 Å². The van der Waals surface area contributed by atoms with Crippen LogP contribution in [0.3, 0.4) is 0 Å². The van der Waals surface area contributed by atoms with Gasteiger partial charge in [0.2, 0.25) is 10.1 Å². The predicted octanol–water partition coefficient (Wildman–Crippen LogP) is 3.19. The summed E-state index contributed by atoms with van der Waals surface area (Å²) in [5.41, 5.74) is 1.56. The Morgan fingerprint density at radius 1 is 1.21 bits per heavy atom. The van der Waals surface area contributed by atoms with E-state index in [1.165, 1.54) is 11.3 Å². The van der Waals surface area contributed by atoms with E-state index < -0.39 is 0 Å². The van der Waals surface area contributed by atoms with Gasteiger partial charge in [-0.2, -0.15) is 4.52 Å². The molecule has 0 aliphatic rings. The third-order valence-corrected chi connectivity index (χ3v) is 4.53. The molecule has 2 aromatic heterocycles. The number of imidazole rings is 1. The van der Waals surface area contributed by atoms with Gasteiger partial charge in [0, 0.05) is 19.2 Å². The first-order valence-corrected chi connectivity index (χ1v) is 8.37. The summed E-state index contributed by atoms with van der Waals surface area (Å²) in [5, 5.41) is 8.87. The van der Waals surface area contributed by atoms with E-state index in [1.54, 1.807) is 25.8 Å². The van der Waals surface area contributed by atoms with Crippen LogP contribution in [-0.2, 0) is 4.74 Å². The van der Waals surface area contributed by atoms with Crippen LogP contribution >= 0.6 is 22.9 Å². The third kappa shape index (κ3) is 3.12. The first-order chi connectivity index (χ1) is 11.7. The van der Waals surface area contributed by atoms with Crippen LogP contribution in [0.2, 0.25) is 5.15 Å². The molecular formula is C15H17ClN4O3S. The van der Waals surface area contributed by atoms with Gasteiger partial charge in [-0.05, 0) is 18.2 Å². The molecule has 0 fully saturated rings. The van der Waals surface area contributed by atoms with Crippen molar-refractivity contribution in [2.45, 2.75) is 0 Å². The van der Waals surface area contributed by atoms with Crippen LogP contribution in [0.5, 0.6) is 11.5 Å². The van der Waals surface area contributed by atoms with Crippen molar-refractivity contribution in [2.75, 3.05) is 39.8 Å². The SMILES string of the molecule is COCCNc1nn2c(-c3ccc(OC)c(OC)c3)c(Cl)nc2s1. The van der Waals surface area contributed by atoms with Crippen molar-refractivity contribution in [3.63, 3.8) is 0 Å². The summed E-state index contributed by atoms with van der Waals surface area (Å²) in [6.07, 6.45) is 0. The van der Waals surface area contributed by atoms with Crippen LogP contribution in [0.1, 0.15) is 0 Å². The molecule has 3 rings (SSSR count). The number of aromatic nitrogens is 3. The maximum Gasteiger partial charge on any atom is 0.215 e. The lowest BCUT2D eigenvalue weighted by molar-refractivity contribution is 0.210. The molecule has 0 bridgehead atoms. The minimum absolute atomic E-state index is 0.393. The molecule has 1 aromatic carbocycles. The molecular weight excluding hydrogens is 352 g/mol. The zero-order valence-corrected chi connectivity index (χ0v) is 15.1. The molecule has 0 aliphatic carbocycles. The fourth-order valence-electron chi connectivity index (χ4n) is 2.28. The lowest BCUT2D eigenvalue weighted by Gasteiger charge is -2.09. The molecule has 7 nitrogen and oxygen atoms in total. The van der Waals surface area contributed by atoms with Crippen LogP contribution in [0.4, 0.5) is 5.13 Å². The maximum absolute atomic E-state index is 6.31. The first kappa shape index (κ1) is 16.8. The topological polar surface area (TPSA) is 69.9 Å². The van der Waals surface area contributed by atoms with E-state index in [2.05, 4.69) is 15.4 Å². The summed E-state index contributed by atoms with van der Waals surface area (Å²) in [6, 6.07) is 5.58. The molecule has 0 saturated heterocycles. The van der Waals surface area contributed by atoms with Gasteiger partial charge in [0.15, 0.2) is 16.7 Å². The van der Waals surface area contributed by atoms with Crippen molar-refractivity contribution in [3.8, 4) is 22.8 Å². The Morgan fingerprint density at radius 2 is 2.00 bits per heavy atom. The van der Waals surface area contributed by atoms with Crippen LogP contribution in [0.15, 0.2) is 18.2 Å². The molecule has 0 radical (unpaired) electrons. The summed E-state index contributed by atoms with van der Waals surface area (Å²) in [7, 11) is 4.85. The second-order valence-electron chi connectivity index (χ2n) is 4.84. The number of halogens is 1. The monoisotopic (exact) mass is 368 g/mol. The summed E-state index contributed by atoms with van der Waals surface area (Å²) in [6.45, 7) is 1.28. The Morgan fingerprint density at radius 3 is 2.71 bits per heavy atom. The average Bonchev–Trinajstić information content (AvgIpc) is 3.10. The van der Waals surface area contributed by atoms with Crippen molar-refractivity contribution in [1.82, 2.24) is 14.6 Å². The highest BCUT2D eigenvalue weighted by atomic mass is 35.5. The highest BCUT2D eigenvalue weighted by Crippen LogP contribution is 2.36. The lowest BCUT2D eigenvalue weighted by Crippen LogP contribution is -2.07. The van der Waals surface area contributed by atoms with Gasteiger partial charge in [-0.3, -0.25) is 0 Å². The molecule has 0 saturated carbocycles. The number of hydrogen-bond acceptors (Lipinski definition) is 7. The normalized spacial score (nSPS) is 11.0. The van der Waals surface area contributed by atoms with E-state index >= 15 is 0 Å². The number of anilines is 1. The molecule has 128 valence electrons. The highest BCUT2D eigenvalue weighted by Gasteiger charge is 2.18. The standard InChI is InChI=1S/C15H17ClN4O3S/c1-21-7-6-17-14-19-20-12(13(16)18-15(20)24-14)9-4-5-10(22-2)11(8-9)23-3/h4-5,8H,6-7H2,1-3H3,(H,17,19). The quantitative estimate of drug-likeness (QED) is 0.646. The van der Waals surface area contributed by atoms with E-state index in [1.807, 2.05) is 18.2 Å². The number of ether oxygens (including phenoxy) is 3. The molecule has 0 spiro atoms. The van der Waals surface area contributed by atoms with E-state index in [4.69, 9.17) is 25.8 Å². The molecule has 3 aromatic rings. The molecule has 9 heteroatoms. The van der Waals surface area contributed by atoms with Crippen LogP contribution in [0.25, 0.3) is 16.2 Å². The summed E-state index contributed by atoms with van der Waals surface area (Å²) < 4.78 is 17.4. The average molecular weight is 369 g/mol. The van der Waals surface area contributed by atoms with E-state index in [0.29, 0.717) is 40.5 Å². The number of benzene rings is 1. The molecule has 1 N–H and O–H groups in total. The Kier molecular flexibility index (Phi) is 5.08. The summed E-state index contributed by atoms with van der Waals surface area (Å²) in [4.78, 5) is 5.09. The van der Waals surface area contributed by atoms with Crippen molar-refractivity contribution in [1.29, 1.82) is 0 Å². The second-order valence-corrected chi connectivity index (χ2v) is 6.16. The zero-order valence-electron chi connectivity index (χ0n) is 13.5. The van der Waals surface area contributed by atoms with Crippen molar-refractivity contribution in [2.24, 2.45) is 0 Å². The van der Waals surface area contributed by atoms with Gasteiger partial charge in [0.25, 0.3) is 0 Å². The smallest absolute Gasteiger partial charge is 0.215 e. The van der Waals surface area contributed by atoms with Crippen LogP contribution in [0, 0.1) is 0 Å². The first-order valence-electron chi connectivity index (χ1n) is 7.18. The van der Waals surface area contributed by atoms with Gasteiger partial charge in [-0.1, -0.05) is 22.9 Å². The largest absolute Gasteiger partial charge is 0.493 e. The molecule has 24 heavy (non-hydrogen) atoms. The number of methoxy groups -OCH3 is 3. The van der Waals surface area contributed by atoms with Crippen molar-refractivity contribution >= 4 is 33.0 Å². The summed E-state index contributed by atoms with van der Waals surface area (Å²) in [5.74, 6) is 1.27. The van der Waals surface area contributed by atoms with Gasteiger partial charge in [0.05, 0.1) is 20.8 Å². The van der Waals surface area contributed by atoms with Crippen molar-refractivity contribution in [3.05, 3.63) is 23.4 Å². The highest BCUT2D eigenvalue weighted by molar-refractivity contribution is 7.20. The Bertz CT molecular complexity index is 849. The van der Waals surface area contributed by atoms with Gasteiger partial charge >= 0.3 is 0 Å². The predicted molar refractivity (Wildman–Crippen MR) is 94.8 cm³/mol. The van der Waals surface area contributed by atoms with E-state index in [9.17, 15) is 0 Å². The maximum atomic E-state index is 6.31. The fraction of sp³-hybridized carbons (Fsp3) is 0.333. The molecule has 0 aliphatic heterocycles. The van der Waals surface area contributed by atoms with E-state index in [0.717, 1.165) is 10.7 Å². The van der Waals surface area contributed by atoms with Crippen molar-refractivity contribution < 1.29 is 14.2 Å². The molecule has 2 heterocycles. The van der Waals surface area contributed by atoms with Gasteiger partial charge in [0.1, 0.15) is 5.69 Å². The Labute approximate surface area is 148 Å². The number of fused-ring (bicyclic) bond motifs is 1. The Hall–Kier alpha value is -2.03. The van der Waals surface area contributed by atoms with Gasteiger partial charge < -0.3 is 19.5 Å². The minimum Gasteiger partial charge on any atom is -0.493 e. The van der Waals surface area contributed by atoms with Gasteiger partial charge in [-0.25, -0.2) is 4.98 Å². The second kappa shape index (κ2) is 7.25. The zero-order chi connectivity index (χ0) is 17.1. The number of rotatable bonds is 7. The van der Waals surface area contributed by atoms with Crippen LogP contribution in [-0.4, -0.2) is 49.1 Å². The number of nitrogens with one attached hydrogen (secondary N) is 1. The fourth-order valence-corrected chi connectivity index (χ4v) is 3.42. The van der Waals surface area contributed by atoms with E-state index in [-0.39, 0.29) is 0 Å².